The number of hydrogen-bond donors (Lipinski definition) is 1. The van der Waals surface area contributed by atoms with Crippen molar-refractivity contribution in [2.45, 2.75) is 31.8 Å². The number of aryl methyl sites for hydroxylation is 2. The van der Waals surface area contributed by atoms with E-state index in [1.165, 1.54) is 36.1 Å². The Hall–Kier alpha value is -2.87. The van der Waals surface area contributed by atoms with Crippen LogP contribution in [0.3, 0.4) is 0 Å². The van der Waals surface area contributed by atoms with Crippen molar-refractivity contribution in [3.05, 3.63) is 59.2 Å². The van der Waals surface area contributed by atoms with Gasteiger partial charge < -0.3 is 9.64 Å². The predicted molar refractivity (Wildman–Crippen MR) is 107 cm³/mol. The Morgan fingerprint density at radius 2 is 1.75 bits per heavy atom. The summed E-state index contributed by atoms with van der Waals surface area (Å²) < 4.78 is 33.1. The van der Waals surface area contributed by atoms with E-state index >= 15 is 0 Å². The zero-order valence-corrected chi connectivity index (χ0v) is 17.3. The first-order chi connectivity index (χ1) is 13.0. The average molecular weight is 404 g/mol. The molecule has 2 aromatic carbocycles. The summed E-state index contributed by atoms with van der Waals surface area (Å²) in [7, 11) is -0.788. The molecule has 0 aromatic heterocycles. The van der Waals surface area contributed by atoms with Crippen LogP contribution in [0.5, 0.6) is 0 Å². The van der Waals surface area contributed by atoms with Gasteiger partial charge in [0.2, 0.25) is 0 Å². The molecule has 28 heavy (non-hydrogen) atoms. The second-order valence-electron chi connectivity index (χ2n) is 6.73. The maximum atomic E-state index is 12.7. The molecule has 0 heterocycles. The van der Waals surface area contributed by atoms with E-state index in [-0.39, 0.29) is 16.4 Å². The van der Waals surface area contributed by atoms with E-state index in [1.54, 1.807) is 20.2 Å². The Morgan fingerprint density at radius 3 is 2.36 bits per heavy atom. The van der Waals surface area contributed by atoms with Gasteiger partial charge in [0.1, 0.15) is 0 Å². The summed E-state index contributed by atoms with van der Waals surface area (Å²) in [4.78, 5) is 25.4. The molecule has 0 unspecified atom stereocenters. The van der Waals surface area contributed by atoms with Crippen LogP contribution in [0.25, 0.3) is 0 Å². The first-order valence-corrected chi connectivity index (χ1v) is 10.1. The fraction of sp³-hybridized carbons (Fsp3) is 0.300. The lowest BCUT2D eigenvalue weighted by atomic mass is 10.1. The number of likely N-dealkylation sites (N-methyl/N-ethyl adjacent to an activating group) is 1. The van der Waals surface area contributed by atoms with Crippen LogP contribution < -0.4 is 4.72 Å². The molecule has 7 nitrogen and oxygen atoms in total. The molecule has 0 spiro atoms. The smallest absolute Gasteiger partial charge is 0.338 e. The lowest BCUT2D eigenvalue weighted by molar-refractivity contribution is -0.137. The highest BCUT2D eigenvalue weighted by Crippen LogP contribution is 2.21. The fourth-order valence-corrected chi connectivity index (χ4v) is 3.74. The van der Waals surface area contributed by atoms with Gasteiger partial charge in [-0.25, -0.2) is 13.2 Å². The molecule has 150 valence electrons. The SMILES string of the molecule is Cc1ccc(NS(=O)(=O)c2cccc(C(=O)O[C@@H](C)C(=O)N(C)C)c2)c(C)c1. The van der Waals surface area contributed by atoms with E-state index in [0.29, 0.717) is 5.69 Å². The molecule has 0 aliphatic rings. The molecule has 2 rings (SSSR count). The second kappa shape index (κ2) is 8.43. The first-order valence-electron chi connectivity index (χ1n) is 8.63. The van der Waals surface area contributed by atoms with Crippen molar-refractivity contribution in [3.63, 3.8) is 0 Å². The summed E-state index contributed by atoms with van der Waals surface area (Å²) in [6.07, 6.45) is -0.976. The number of hydrogen-bond acceptors (Lipinski definition) is 5. The van der Waals surface area contributed by atoms with Crippen LogP contribution >= 0.6 is 0 Å². The highest BCUT2D eigenvalue weighted by molar-refractivity contribution is 7.92. The third-order valence-corrected chi connectivity index (χ3v) is 5.44. The van der Waals surface area contributed by atoms with E-state index in [9.17, 15) is 18.0 Å². The topological polar surface area (TPSA) is 92.8 Å². The number of anilines is 1. The number of rotatable bonds is 6. The van der Waals surface area contributed by atoms with Gasteiger partial charge in [-0.1, -0.05) is 23.8 Å². The molecule has 0 aliphatic heterocycles. The second-order valence-corrected chi connectivity index (χ2v) is 8.41. The van der Waals surface area contributed by atoms with Gasteiger partial charge in [0.15, 0.2) is 6.10 Å². The minimum Gasteiger partial charge on any atom is -0.449 e. The van der Waals surface area contributed by atoms with Gasteiger partial charge in [-0.3, -0.25) is 9.52 Å². The monoisotopic (exact) mass is 404 g/mol. The van der Waals surface area contributed by atoms with Crippen LogP contribution in [0.15, 0.2) is 47.4 Å². The number of amides is 1. The number of nitrogens with one attached hydrogen (secondary N) is 1. The third-order valence-electron chi connectivity index (χ3n) is 4.08. The van der Waals surface area contributed by atoms with Crippen molar-refractivity contribution in [3.8, 4) is 0 Å². The number of nitrogens with zero attached hydrogens (tertiary/aromatic N) is 1. The Labute approximate surface area is 165 Å². The zero-order valence-electron chi connectivity index (χ0n) is 16.5. The van der Waals surface area contributed by atoms with Crippen LogP contribution in [-0.4, -0.2) is 45.4 Å². The van der Waals surface area contributed by atoms with Gasteiger partial charge in [0, 0.05) is 14.1 Å². The predicted octanol–water partition coefficient (Wildman–Crippen LogP) is 2.74. The fourth-order valence-electron chi connectivity index (χ4n) is 2.56. The Morgan fingerprint density at radius 1 is 1.07 bits per heavy atom. The number of benzene rings is 2. The van der Waals surface area contributed by atoms with Crippen molar-refractivity contribution in [2.75, 3.05) is 18.8 Å². The Bertz CT molecular complexity index is 999. The molecule has 1 N–H and O–H groups in total. The van der Waals surface area contributed by atoms with Crippen molar-refractivity contribution in [1.29, 1.82) is 0 Å². The summed E-state index contributed by atoms with van der Waals surface area (Å²) >= 11 is 0. The molecule has 1 atom stereocenters. The van der Waals surface area contributed by atoms with E-state index in [4.69, 9.17) is 4.74 Å². The van der Waals surface area contributed by atoms with Crippen molar-refractivity contribution >= 4 is 27.6 Å². The normalized spacial score (nSPS) is 12.2. The first kappa shape index (κ1) is 21.4. The number of carbonyl (C=O) groups excluding carboxylic acids is 2. The van der Waals surface area contributed by atoms with E-state index < -0.39 is 22.1 Å². The van der Waals surface area contributed by atoms with E-state index in [1.807, 2.05) is 26.0 Å². The van der Waals surface area contributed by atoms with Crippen molar-refractivity contribution in [1.82, 2.24) is 4.90 Å². The van der Waals surface area contributed by atoms with Crippen molar-refractivity contribution < 1.29 is 22.7 Å². The highest BCUT2D eigenvalue weighted by Gasteiger charge is 2.22. The molecule has 0 radical (unpaired) electrons. The molecule has 0 saturated carbocycles. The Kier molecular flexibility index (Phi) is 6.45. The Balaban J connectivity index is 2.23. The van der Waals surface area contributed by atoms with Gasteiger partial charge >= 0.3 is 5.97 Å². The highest BCUT2D eigenvalue weighted by atomic mass is 32.2. The van der Waals surface area contributed by atoms with Crippen LogP contribution in [0.1, 0.15) is 28.4 Å². The molecular weight excluding hydrogens is 380 g/mol. The summed E-state index contributed by atoms with van der Waals surface area (Å²) in [5.74, 6) is -1.14. The minimum absolute atomic E-state index is 0.0434. The number of carbonyl (C=O) groups is 2. The maximum absolute atomic E-state index is 12.7. The number of esters is 1. The van der Waals surface area contributed by atoms with Gasteiger partial charge in [-0.15, -0.1) is 0 Å². The molecule has 8 heteroatoms. The standard InChI is InChI=1S/C20H24N2O5S/c1-13-9-10-18(14(2)11-13)21-28(25,26)17-8-6-7-16(12-17)20(24)27-15(3)19(23)22(4)5/h6-12,15,21H,1-5H3/t15-/m0/s1. The van der Waals surface area contributed by atoms with Gasteiger partial charge in [0.05, 0.1) is 16.1 Å². The van der Waals surface area contributed by atoms with Gasteiger partial charge in [-0.05, 0) is 50.6 Å². The van der Waals surface area contributed by atoms with E-state index in [2.05, 4.69) is 4.72 Å². The van der Waals surface area contributed by atoms with E-state index in [0.717, 1.165) is 11.1 Å². The van der Waals surface area contributed by atoms with Gasteiger partial charge in [-0.2, -0.15) is 0 Å². The largest absolute Gasteiger partial charge is 0.449 e. The lowest BCUT2D eigenvalue weighted by Gasteiger charge is -2.17. The molecule has 0 aliphatic carbocycles. The minimum atomic E-state index is -3.90. The third kappa shape index (κ3) is 5.10. The van der Waals surface area contributed by atoms with Crippen LogP contribution in [0, 0.1) is 13.8 Å². The zero-order chi connectivity index (χ0) is 21.1. The average Bonchev–Trinajstić information content (AvgIpc) is 2.63. The molecule has 0 bridgehead atoms. The summed E-state index contributed by atoms with van der Waals surface area (Å²) in [5, 5.41) is 0. The summed E-state index contributed by atoms with van der Waals surface area (Å²) in [6.45, 7) is 5.19. The molecule has 0 fully saturated rings. The summed E-state index contributed by atoms with van der Waals surface area (Å²) in [6, 6.07) is 10.9. The van der Waals surface area contributed by atoms with Crippen LogP contribution in [-0.2, 0) is 19.6 Å². The molecule has 0 saturated heterocycles. The van der Waals surface area contributed by atoms with Crippen LogP contribution in [0.4, 0.5) is 5.69 Å². The van der Waals surface area contributed by atoms with Crippen LogP contribution in [0.2, 0.25) is 0 Å². The lowest BCUT2D eigenvalue weighted by Crippen LogP contribution is -2.34. The number of ether oxygens (including phenoxy) is 1. The quantitative estimate of drug-likeness (QED) is 0.748. The molecule has 1 amide bonds. The van der Waals surface area contributed by atoms with Crippen molar-refractivity contribution in [2.24, 2.45) is 0 Å². The number of sulfonamides is 1. The maximum Gasteiger partial charge on any atom is 0.338 e. The molecular formula is C20H24N2O5S. The van der Waals surface area contributed by atoms with Gasteiger partial charge in [0.25, 0.3) is 15.9 Å². The summed E-state index contributed by atoms with van der Waals surface area (Å²) in [5.41, 5.74) is 2.31. The molecule has 2 aromatic rings.